The molecular formula is C25H31N3O. The minimum Gasteiger partial charge on any atom is -0.325 e. The Hall–Kier alpha value is -2.43. The third kappa shape index (κ3) is 5.14. The Balaban J connectivity index is 1.23. The highest BCUT2D eigenvalue weighted by Crippen LogP contribution is 2.25. The molecule has 0 bridgehead atoms. The van der Waals surface area contributed by atoms with Gasteiger partial charge in [-0.25, -0.2) is 0 Å². The molecule has 4 heteroatoms. The van der Waals surface area contributed by atoms with Gasteiger partial charge in [-0.3, -0.25) is 14.6 Å². The average Bonchev–Trinajstić information content (AvgIpc) is 3.22. The molecule has 2 aromatic carbocycles. The first kappa shape index (κ1) is 19.9. The molecule has 1 aliphatic heterocycles. The van der Waals surface area contributed by atoms with Crippen molar-refractivity contribution in [3.8, 4) is 0 Å². The molecule has 4 nitrogen and oxygen atoms in total. The van der Waals surface area contributed by atoms with Gasteiger partial charge >= 0.3 is 0 Å². The standard InChI is InChI=1S/C25H31N3O/c1-20(25(29)26-24-13-12-22-10-5-11-23(22)19-24)28-17-15-27(16-18-28)14-6-9-21-7-3-2-4-8-21/h2-4,6-9,12-13,19-20H,5,10-11,14-18H2,1H3,(H,26,29)/b9-6+/t20-/m0/s1. The minimum atomic E-state index is -0.106. The number of carbonyl (C=O) groups excluding carboxylic acids is 1. The second-order valence-electron chi connectivity index (χ2n) is 8.15. The SMILES string of the molecule is C[C@@H](C(=O)Nc1ccc2c(c1)CCC2)N1CCN(C/C=C/c2ccccc2)CC1. The number of anilines is 1. The van der Waals surface area contributed by atoms with Gasteiger partial charge in [-0.2, -0.15) is 0 Å². The molecular weight excluding hydrogens is 358 g/mol. The Morgan fingerprint density at radius 3 is 2.59 bits per heavy atom. The van der Waals surface area contributed by atoms with Crippen LogP contribution in [0.15, 0.2) is 54.6 Å². The van der Waals surface area contributed by atoms with Crippen LogP contribution in [0.1, 0.15) is 30.0 Å². The third-order valence-electron chi connectivity index (χ3n) is 6.17. The van der Waals surface area contributed by atoms with E-state index in [2.05, 4.69) is 63.7 Å². The molecule has 1 amide bonds. The molecule has 0 aromatic heterocycles. The zero-order valence-electron chi connectivity index (χ0n) is 17.3. The topological polar surface area (TPSA) is 35.6 Å². The number of benzene rings is 2. The second kappa shape index (κ2) is 9.38. The van der Waals surface area contributed by atoms with Gasteiger partial charge in [0.15, 0.2) is 0 Å². The van der Waals surface area contributed by atoms with Gasteiger partial charge in [-0.1, -0.05) is 48.6 Å². The lowest BCUT2D eigenvalue weighted by molar-refractivity contribution is -0.121. The normalized spacial score (nSPS) is 18.7. The first-order valence-corrected chi connectivity index (χ1v) is 10.8. The van der Waals surface area contributed by atoms with Crippen molar-refractivity contribution in [2.24, 2.45) is 0 Å². The van der Waals surface area contributed by atoms with Crippen LogP contribution in [0, 0.1) is 0 Å². The first-order valence-electron chi connectivity index (χ1n) is 10.8. The summed E-state index contributed by atoms with van der Waals surface area (Å²) >= 11 is 0. The molecule has 1 atom stereocenters. The maximum Gasteiger partial charge on any atom is 0.241 e. The Labute approximate surface area is 174 Å². The van der Waals surface area contributed by atoms with E-state index in [-0.39, 0.29) is 11.9 Å². The van der Waals surface area contributed by atoms with Crippen LogP contribution in [-0.4, -0.2) is 54.5 Å². The van der Waals surface area contributed by atoms with Gasteiger partial charge in [-0.15, -0.1) is 0 Å². The van der Waals surface area contributed by atoms with Gasteiger partial charge in [0.2, 0.25) is 5.91 Å². The van der Waals surface area contributed by atoms with E-state index in [4.69, 9.17) is 0 Å². The second-order valence-corrected chi connectivity index (χ2v) is 8.15. The number of fused-ring (bicyclic) bond motifs is 1. The number of carbonyl (C=O) groups is 1. The lowest BCUT2D eigenvalue weighted by Gasteiger charge is -2.37. The zero-order valence-corrected chi connectivity index (χ0v) is 17.3. The van der Waals surface area contributed by atoms with E-state index >= 15 is 0 Å². The van der Waals surface area contributed by atoms with E-state index in [0.717, 1.165) is 44.8 Å². The van der Waals surface area contributed by atoms with E-state index in [1.165, 1.54) is 29.5 Å². The summed E-state index contributed by atoms with van der Waals surface area (Å²) in [4.78, 5) is 17.5. The molecule has 4 rings (SSSR count). The smallest absolute Gasteiger partial charge is 0.241 e. The maximum absolute atomic E-state index is 12.7. The molecule has 2 aliphatic rings. The summed E-state index contributed by atoms with van der Waals surface area (Å²) in [5.41, 5.74) is 5.01. The number of aryl methyl sites for hydroxylation is 2. The highest BCUT2D eigenvalue weighted by Gasteiger charge is 2.25. The molecule has 2 aromatic rings. The largest absolute Gasteiger partial charge is 0.325 e. The van der Waals surface area contributed by atoms with Crippen LogP contribution in [0.3, 0.4) is 0 Å². The highest BCUT2D eigenvalue weighted by molar-refractivity contribution is 5.94. The van der Waals surface area contributed by atoms with E-state index in [1.807, 2.05) is 19.1 Å². The molecule has 0 saturated carbocycles. The number of hydrogen-bond acceptors (Lipinski definition) is 3. The number of rotatable bonds is 6. The number of amides is 1. The number of hydrogen-bond donors (Lipinski definition) is 1. The predicted molar refractivity (Wildman–Crippen MR) is 120 cm³/mol. The van der Waals surface area contributed by atoms with Crippen LogP contribution in [0.5, 0.6) is 0 Å². The van der Waals surface area contributed by atoms with Crippen LogP contribution in [-0.2, 0) is 17.6 Å². The molecule has 1 aliphatic carbocycles. The van der Waals surface area contributed by atoms with Gasteiger partial charge in [0, 0.05) is 38.4 Å². The quantitative estimate of drug-likeness (QED) is 0.816. The lowest BCUT2D eigenvalue weighted by Crippen LogP contribution is -2.52. The third-order valence-corrected chi connectivity index (χ3v) is 6.17. The van der Waals surface area contributed by atoms with Crippen molar-refractivity contribution in [1.29, 1.82) is 0 Å². The average molecular weight is 390 g/mol. The van der Waals surface area contributed by atoms with E-state index in [1.54, 1.807) is 0 Å². The van der Waals surface area contributed by atoms with Crippen LogP contribution in [0.25, 0.3) is 6.08 Å². The van der Waals surface area contributed by atoms with Crippen LogP contribution in [0.2, 0.25) is 0 Å². The van der Waals surface area contributed by atoms with Gasteiger partial charge in [0.05, 0.1) is 6.04 Å². The molecule has 1 saturated heterocycles. The van der Waals surface area contributed by atoms with E-state index in [0.29, 0.717) is 0 Å². The Bertz CT molecular complexity index is 854. The monoisotopic (exact) mass is 389 g/mol. The fourth-order valence-electron chi connectivity index (χ4n) is 4.30. The van der Waals surface area contributed by atoms with Crippen LogP contribution < -0.4 is 5.32 Å². The van der Waals surface area contributed by atoms with Crippen LogP contribution >= 0.6 is 0 Å². The van der Waals surface area contributed by atoms with Gasteiger partial charge in [0.25, 0.3) is 0 Å². The van der Waals surface area contributed by atoms with Gasteiger partial charge in [-0.05, 0) is 55.0 Å². The summed E-state index contributed by atoms with van der Waals surface area (Å²) in [5, 5.41) is 3.13. The number of nitrogens with zero attached hydrogens (tertiary/aromatic N) is 2. The fraction of sp³-hybridized carbons (Fsp3) is 0.400. The summed E-state index contributed by atoms with van der Waals surface area (Å²) in [6.45, 7) is 6.83. The summed E-state index contributed by atoms with van der Waals surface area (Å²) in [6.07, 6.45) is 7.95. The van der Waals surface area contributed by atoms with Crippen molar-refractivity contribution >= 4 is 17.7 Å². The molecule has 29 heavy (non-hydrogen) atoms. The number of nitrogens with one attached hydrogen (secondary N) is 1. The van der Waals surface area contributed by atoms with Gasteiger partial charge < -0.3 is 5.32 Å². The zero-order chi connectivity index (χ0) is 20.1. The lowest BCUT2D eigenvalue weighted by atomic mass is 10.1. The summed E-state index contributed by atoms with van der Waals surface area (Å²) in [7, 11) is 0. The molecule has 1 heterocycles. The maximum atomic E-state index is 12.7. The Morgan fingerprint density at radius 1 is 1.03 bits per heavy atom. The molecule has 0 radical (unpaired) electrons. The van der Waals surface area contributed by atoms with E-state index < -0.39 is 0 Å². The van der Waals surface area contributed by atoms with Crippen molar-refractivity contribution in [3.63, 3.8) is 0 Å². The first-order chi connectivity index (χ1) is 14.2. The number of piperazine rings is 1. The molecule has 1 fully saturated rings. The summed E-state index contributed by atoms with van der Waals surface area (Å²) in [5.74, 6) is 0.0976. The molecule has 0 unspecified atom stereocenters. The summed E-state index contributed by atoms with van der Waals surface area (Å²) in [6, 6.07) is 16.7. The highest BCUT2D eigenvalue weighted by atomic mass is 16.2. The Morgan fingerprint density at radius 2 is 1.79 bits per heavy atom. The van der Waals surface area contributed by atoms with Crippen molar-refractivity contribution in [2.75, 3.05) is 38.0 Å². The van der Waals surface area contributed by atoms with Crippen LogP contribution in [0.4, 0.5) is 5.69 Å². The Kier molecular flexibility index (Phi) is 6.43. The molecule has 1 N–H and O–H groups in total. The van der Waals surface area contributed by atoms with Crippen molar-refractivity contribution in [3.05, 3.63) is 71.3 Å². The minimum absolute atomic E-state index is 0.0976. The van der Waals surface area contributed by atoms with Crippen molar-refractivity contribution in [1.82, 2.24) is 9.80 Å². The predicted octanol–water partition coefficient (Wildman–Crippen LogP) is 3.83. The molecule has 152 valence electrons. The molecule has 0 spiro atoms. The van der Waals surface area contributed by atoms with Gasteiger partial charge in [0.1, 0.15) is 0 Å². The van der Waals surface area contributed by atoms with Crippen molar-refractivity contribution < 1.29 is 4.79 Å². The summed E-state index contributed by atoms with van der Waals surface area (Å²) < 4.78 is 0. The fourth-order valence-corrected chi connectivity index (χ4v) is 4.30. The van der Waals surface area contributed by atoms with Crippen molar-refractivity contribution in [2.45, 2.75) is 32.2 Å². The van der Waals surface area contributed by atoms with E-state index in [9.17, 15) is 4.79 Å².